The third-order valence-corrected chi connectivity index (χ3v) is 5.85. The van der Waals surface area contributed by atoms with E-state index in [1.54, 1.807) is 6.92 Å². The summed E-state index contributed by atoms with van der Waals surface area (Å²) in [5, 5.41) is 9.14. The molecular weight excluding hydrogens is 324 g/mol. The fourth-order valence-electron chi connectivity index (χ4n) is 4.41. The van der Waals surface area contributed by atoms with Gasteiger partial charge in [-0.2, -0.15) is 0 Å². The number of rotatable bonds is 3. The van der Waals surface area contributed by atoms with E-state index < -0.39 is 42.1 Å². The first-order chi connectivity index (χ1) is 11.7. The lowest BCUT2D eigenvalue weighted by atomic mass is 9.67. The molecule has 0 aromatic carbocycles. The van der Waals surface area contributed by atoms with Crippen LogP contribution < -0.4 is 0 Å². The highest BCUT2D eigenvalue weighted by molar-refractivity contribution is 5.99. The molecule has 25 heavy (non-hydrogen) atoms. The van der Waals surface area contributed by atoms with E-state index in [0.29, 0.717) is 6.42 Å². The van der Waals surface area contributed by atoms with Crippen LogP contribution in [-0.4, -0.2) is 41.6 Å². The molecule has 1 aliphatic heterocycles. The van der Waals surface area contributed by atoms with E-state index in [2.05, 4.69) is 13.2 Å². The van der Waals surface area contributed by atoms with Crippen LogP contribution in [0.4, 0.5) is 0 Å². The van der Waals surface area contributed by atoms with Crippen molar-refractivity contribution in [2.45, 2.75) is 32.5 Å². The third-order valence-electron chi connectivity index (χ3n) is 5.85. The quantitative estimate of drug-likeness (QED) is 0.613. The number of allylic oxidation sites excluding steroid dienone is 2. The van der Waals surface area contributed by atoms with Gasteiger partial charge in [0.15, 0.2) is 5.78 Å². The zero-order chi connectivity index (χ0) is 18.5. The number of aliphatic hydroxyl groups excluding tert-OH is 1. The molecule has 6 heteroatoms. The van der Waals surface area contributed by atoms with E-state index >= 15 is 0 Å². The van der Waals surface area contributed by atoms with Crippen LogP contribution in [0.3, 0.4) is 0 Å². The minimum Gasteiger partial charge on any atom is -0.458 e. The van der Waals surface area contributed by atoms with Gasteiger partial charge < -0.3 is 14.6 Å². The van der Waals surface area contributed by atoms with Crippen LogP contribution in [-0.2, 0) is 23.9 Å². The molecule has 3 aliphatic rings. The Morgan fingerprint density at radius 2 is 2.16 bits per heavy atom. The summed E-state index contributed by atoms with van der Waals surface area (Å²) in [5.74, 6) is -2.13. The monoisotopic (exact) mass is 346 g/mol. The normalized spacial score (nSPS) is 39.5. The minimum absolute atomic E-state index is 0.0589. The van der Waals surface area contributed by atoms with Gasteiger partial charge in [0.2, 0.25) is 0 Å². The van der Waals surface area contributed by atoms with E-state index in [1.807, 2.05) is 13.0 Å². The van der Waals surface area contributed by atoms with Crippen molar-refractivity contribution in [2.75, 3.05) is 6.61 Å². The number of hydrogen-bond acceptors (Lipinski definition) is 6. The summed E-state index contributed by atoms with van der Waals surface area (Å²) in [6.07, 6.45) is 2.52. The van der Waals surface area contributed by atoms with Crippen molar-refractivity contribution >= 4 is 17.7 Å². The van der Waals surface area contributed by atoms with Gasteiger partial charge in [-0.15, -0.1) is 0 Å². The highest BCUT2D eigenvalue weighted by Gasteiger charge is 2.62. The lowest BCUT2D eigenvalue weighted by Gasteiger charge is -2.39. The molecule has 1 saturated heterocycles. The van der Waals surface area contributed by atoms with Crippen molar-refractivity contribution in [3.8, 4) is 0 Å². The molecule has 2 fully saturated rings. The SMILES string of the molecule is C=C(CO)C(=O)O[C@H]1[C@@H]2C(=C)C(=O)O[C@@H]2C[C@@H](C)[C@@H]2C=CC(=O)[C@]21C. The summed E-state index contributed by atoms with van der Waals surface area (Å²) in [7, 11) is 0. The Morgan fingerprint density at radius 1 is 1.48 bits per heavy atom. The molecule has 0 amide bonds. The van der Waals surface area contributed by atoms with Gasteiger partial charge in [-0.25, -0.2) is 9.59 Å². The maximum absolute atomic E-state index is 12.7. The molecule has 1 saturated carbocycles. The highest BCUT2D eigenvalue weighted by Crippen LogP contribution is 2.54. The van der Waals surface area contributed by atoms with Gasteiger partial charge in [0.25, 0.3) is 0 Å². The van der Waals surface area contributed by atoms with Crippen LogP contribution in [0, 0.1) is 23.2 Å². The average molecular weight is 346 g/mol. The zero-order valence-corrected chi connectivity index (χ0v) is 14.4. The van der Waals surface area contributed by atoms with Crippen LogP contribution in [0.1, 0.15) is 20.3 Å². The second-order valence-electron chi connectivity index (χ2n) is 7.33. The molecule has 1 N–H and O–H groups in total. The summed E-state index contributed by atoms with van der Waals surface area (Å²) in [5.41, 5.74) is -0.907. The Kier molecular flexibility index (Phi) is 4.19. The van der Waals surface area contributed by atoms with Crippen molar-refractivity contribution in [3.05, 3.63) is 36.5 Å². The van der Waals surface area contributed by atoms with E-state index in [1.165, 1.54) is 6.08 Å². The smallest absolute Gasteiger partial charge is 0.336 e. The standard InChI is InChI=1S/C19H22O6/c1-9-7-13-15(11(3)18(23)24-13)16(25-17(22)10(2)8-20)19(4)12(9)5-6-14(19)21/h5-6,9,12-13,15-16,20H,2-3,7-8H2,1,4H3/t9-,12+,13-,15-,16+,19+/m1/s1. The summed E-state index contributed by atoms with van der Waals surface area (Å²) in [6.45, 7) is 10.5. The molecule has 0 radical (unpaired) electrons. The highest BCUT2D eigenvalue weighted by atomic mass is 16.6. The average Bonchev–Trinajstić information content (AvgIpc) is 2.99. The first-order valence-corrected chi connectivity index (χ1v) is 8.33. The van der Waals surface area contributed by atoms with E-state index in [9.17, 15) is 14.4 Å². The number of carbonyl (C=O) groups is 3. The molecule has 0 aromatic heterocycles. The number of fused-ring (bicyclic) bond motifs is 2. The Hall–Kier alpha value is -2.21. The Labute approximate surface area is 146 Å². The Bertz CT molecular complexity index is 705. The van der Waals surface area contributed by atoms with Gasteiger partial charge in [0, 0.05) is 5.57 Å². The molecule has 0 spiro atoms. The summed E-state index contributed by atoms with van der Waals surface area (Å²) in [6, 6.07) is 0. The number of esters is 2. The van der Waals surface area contributed by atoms with Crippen molar-refractivity contribution < 1.29 is 29.0 Å². The minimum atomic E-state index is -1.01. The van der Waals surface area contributed by atoms with Gasteiger partial charge in [0.05, 0.1) is 23.5 Å². The Morgan fingerprint density at radius 3 is 2.80 bits per heavy atom. The molecule has 1 heterocycles. The first kappa shape index (κ1) is 17.6. The molecule has 0 unspecified atom stereocenters. The topological polar surface area (TPSA) is 89.9 Å². The maximum atomic E-state index is 12.7. The predicted molar refractivity (Wildman–Crippen MR) is 88.1 cm³/mol. The summed E-state index contributed by atoms with van der Waals surface area (Å²) < 4.78 is 11.1. The van der Waals surface area contributed by atoms with Crippen molar-refractivity contribution in [3.63, 3.8) is 0 Å². The van der Waals surface area contributed by atoms with Crippen LogP contribution >= 0.6 is 0 Å². The largest absolute Gasteiger partial charge is 0.458 e. The number of ether oxygens (including phenoxy) is 2. The molecule has 0 bridgehead atoms. The van der Waals surface area contributed by atoms with Gasteiger partial charge in [0.1, 0.15) is 12.2 Å². The molecule has 6 nitrogen and oxygen atoms in total. The first-order valence-electron chi connectivity index (χ1n) is 8.33. The van der Waals surface area contributed by atoms with Crippen LogP contribution in [0.15, 0.2) is 36.5 Å². The predicted octanol–water partition coefficient (Wildman–Crippen LogP) is 1.35. The fourth-order valence-corrected chi connectivity index (χ4v) is 4.41. The van der Waals surface area contributed by atoms with Gasteiger partial charge in [-0.1, -0.05) is 26.2 Å². The van der Waals surface area contributed by atoms with Gasteiger partial charge in [-0.05, 0) is 31.3 Å². The molecule has 134 valence electrons. The van der Waals surface area contributed by atoms with Crippen LogP contribution in [0.25, 0.3) is 0 Å². The lowest BCUT2D eigenvalue weighted by Crippen LogP contribution is -2.49. The second kappa shape index (κ2) is 5.95. The second-order valence-corrected chi connectivity index (χ2v) is 7.33. The number of ketones is 1. The number of aliphatic hydroxyl groups is 1. The van der Waals surface area contributed by atoms with Crippen molar-refractivity contribution in [1.82, 2.24) is 0 Å². The molecule has 0 aromatic rings. The summed E-state index contributed by atoms with van der Waals surface area (Å²) >= 11 is 0. The van der Waals surface area contributed by atoms with Crippen LogP contribution in [0.5, 0.6) is 0 Å². The molecule has 3 rings (SSSR count). The maximum Gasteiger partial charge on any atom is 0.336 e. The van der Waals surface area contributed by atoms with Crippen molar-refractivity contribution in [2.24, 2.45) is 23.2 Å². The van der Waals surface area contributed by atoms with Gasteiger partial charge >= 0.3 is 11.9 Å². The van der Waals surface area contributed by atoms with Gasteiger partial charge in [-0.3, -0.25) is 4.79 Å². The molecular formula is C19H22O6. The lowest BCUT2D eigenvalue weighted by molar-refractivity contribution is -0.161. The summed E-state index contributed by atoms with van der Waals surface area (Å²) in [4.78, 5) is 37.1. The molecule has 6 atom stereocenters. The Balaban J connectivity index is 2.07. The van der Waals surface area contributed by atoms with Crippen molar-refractivity contribution in [1.29, 1.82) is 0 Å². The van der Waals surface area contributed by atoms with E-state index in [4.69, 9.17) is 14.6 Å². The van der Waals surface area contributed by atoms with E-state index in [-0.39, 0.29) is 28.8 Å². The number of carbonyl (C=O) groups excluding carboxylic acids is 3. The number of hydrogen-bond donors (Lipinski definition) is 1. The fraction of sp³-hybridized carbons (Fsp3) is 0.526. The molecule has 2 aliphatic carbocycles. The zero-order valence-electron chi connectivity index (χ0n) is 14.4. The third kappa shape index (κ3) is 2.47. The van der Waals surface area contributed by atoms with E-state index in [0.717, 1.165) is 0 Å². The van der Waals surface area contributed by atoms with Crippen LogP contribution in [0.2, 0.25) is 0 Å².